The third kappa shape index (κ3) is 7.93. The molecule has 28 heavy (non-hydrogen) atoms. The van der Waals surface area contributed by atoms with Crippen LogP contribution < -0.4 is 14.8 Å². The fourth-order valence-corrected chi connectivity index (χ4v) is 3.45. The maximum atomic E-state index is 5.72. The van der Waals surface area contributed by atoms with E-state index in [9.17, 15) is 0 Å². The van der Waals surface area contributed by atoms with Crippen LogP contribution in [0.15, 0.2) is 48.5 Å². The summed E-state index contributed by atoms with van der Waals surface area (Å²) in [5.74, 6) is 3.25. The molecule has 2 N–H and O–H groups in total. The number of benzene rings is 2. The average molecular weight is 385 g/mol. The van der Waals surface area contributed by atoms with Crippen LogP contribution in [0.2, 0.25) is 0 Å². The van der Waals surface area contributed by atoms with E-state index < -0.39 is 0 Å². The van der Waals surface area contributed by atoms with Gasteiger partial charge in [-0.25, -0.2) is 0 Å². The van der Waals surface area contributed by atoms with Crippen molar-refractivity contribution in [3.05, 3.63) is 59.7 Å². The van der Waals surface area contributed by atoms with Crippen molar-refractivity contribution in [1.82, 2.24) is 0 Å². The molecule has 3 heteroatoms. The molecule has 0 unspecified atom stereocenters. The first-order valence-corrected chi connectivity index (χ1v) is 10.7. The van der Waals surface area contributed by atoms with Crippen molar-refractivity contribution in [2.45, 2.75) is 65.5 Å². The first kappa shape index (κ1) is 22.3. The van der Waals surface area contributed by atoms with Gasteiger partial charge >= 0.3 is 0 Å². The topological polar surface area (TPSA) is 35.1 Å². The van der Waals surface area contributed by atoms with Gasteiger partial charge in [-0.3, -0.25) is 0 Å². The Morgan fingerprint density at radius 2 is 1.43 bits per heavy atom. The second kappa shape index (κ2) is 11.8. The van der Waals surface area contributed by atoms with Gasteiger partial charge in [0.2, 0.25) is 0 Å². The number of ether oxygens (including phenoxy) is 2. The van der Waals surface area contributed by atoms with Crippen molar-refractivity contribution in [2.24, 2.45) is 5.92 Å². The van der Waals surface area contributed by atoms with E-state index in [1.165, 1.54) is 30.4 Å². The van der Waals surface area contributed by atoms with Gasteiger partial charge in [0, 0.05) is 12.0 Å². The average Bonchev–Trinajstić information content (AvgIpc) is 2.68. The van der Waals surface area contributed by atoms with E-state index in [0.717, 1.165) is 30.5 Å². The molecule has 2 aromatic carbocycles. The highest BCUT2D eigenvalue weighted by Gasteiger charge is 2.13. The van der Waals surface area contributed by atoms with E-state index in [1.54, 1.807) is 7.11 Å². The van der Waals surface area contributed by atoms with Gasteiger partial charge in [-0.1, -0.05) is 32.4 Å². The monoisotopic (exact) mass is 384 g/mol. The maximum absolute atomic E-state index is 5.72. The Morgan fingerprint density at radius 3 is 2.00 bits per heavy atom. The van der Waals surface area contributed by atoms with E-state index in [2.05, 4.69) is 81.5 Å². The van der Waals surface area contributed by atoms with Crippen LogP contribution in [0.1, 0.15) is 64.0 Å². The summed E-state index contributed by atoms with van der Waals surface area (Å²) in [7, 11) is 1.72. The van der Waals surface area contributed by atoms with Crippen molar-refractivity contribution in [3.8, 4) is 11.5 Å². The smallest absolute Gasteiger partial charge is 0.119 e. The molecule has 0 heterocycles. The molecule has 1 atom stereocenters. The van der Waals surface area contributed by atoms with Gasteiger partial charge in [0.25, 0.3) is 0 Å². The minimum Gasteiger partial charge on any atom is -0.497 e. The second-order valence-electron chi connectivity index (χ2n) is 8.32. The van der Waals surface area contributed by atoms with Gasteiger partial charge in [-0.15, -0.1) is 0 Å². The van der Waals surface area contributed by atoms with Gasteiger partial charge in [-0.2, -0.15) is 0 Å². The first-order chi connectivity index (χ1) is 13.5. The van der Waals surface area contributed by atoms with Crippen LogP contribution in [0.4, 0.5) is 0 Å². The molecule has 154 valence electrons. The fraction of sp³-hybridized carbons (Fsp3) is 0.520. The van der Waals surface area contributed by atoms with Crippen molar-refractivity contribution in [3.63, 3.8) is 0 Å². The van der Waals surface area contributed by atoms with Crippen molar-refractivity contribution in [2.75, 3.05) is 13.7 Å². The minimum atomic E-state index is 0.220. The zero-order valence-corrected chi connectivity index (χ0v) is 18.3. The van der Waals surface area contributed by atoms with E-state index in [0.29, 0.717) is 5.92 Å². The molecule has 0 aliphatic heterocycles. The number of hydrogen-bond donors (Lipinski definition) is 1. The largest absolute Gasteiger partial charge is 0.497 e. The highest BCUT2D eigenvalue weighted by molar-refractivity contribution is 5.29. The summed E-state index contributed by atoms with van der Waals surface area (Å²) >= 11 is 0. The predicted molar refractivity (Wildman–Crippen MR) is 117 cm³/mol. The standard InChI is InChI=1S/C25H37NO2/c1-19(2)6-9-23(22-10-14-24(27-5)15-11-22)16-17-26-18-21-7-12-25(13-8-21)28-20(3)4/h7-8,10-15,19-20,23,26H,6,9,16-18H2,1-5H3/p+1/t23-/m0/s1. The van der Waals surface area contributed by atoms with Crippen molar-refractivity contribution >= 4 is 0 Å². The molecule has 0 saturated heterocycles. The lowest BCUT2D eigenvalue weighted by Gasteiger charge is -2.18. The highest BCUT2D eigenvalue weighted by atomic mass is 16.5. The van der Waals surface area contributed by atoms with Crippen LogP contribution in [-0.4, -0.2) is 19.8 Å². The molecule has 0 amide bonds. The lowest BCUT2D eigenvalue weighted by molar-refractivity contribution is -0.671. The number of nitrogens with two attached hydrogens (primary N) is 1. The SMILES string of the molecule is COc1ccc([C@H](CC[NH2+]Cc2ccc(OC(C)C)cc2)CCC(C)C)cc1. The van der Waals surface area contributed by atoms with Crippen LogP contribution in [-0.2, 0) is 6.54 Å². The zero-order chi connectivity index (χ0) is 20.4. The third-order valence-electron chi connectivity index (χ3n) is 5.07. The summed E-state index contributed by atoms with van der Waals surface area (Å²) in [4.78, 5) is 0. The molecule has 0 aliphatic rings. The van der Waals surface area contributed by atoms with Gasteiger partial charge in [0.15, 0.2) is 0 Å². The first-order valence-electron chi connectivity index (χ1n) is 10.7. The second-order valence-corrected chi connectivity index (χ2v) is 8.32. The Labute approximate surface area is 171 Å². The summed E-state index contributed by atoms with van der Waals surface area (Å²) in [6.45, 7) is 10.9. The van der Waals surface area contributed by atoms with Crippen LogP contribution in [0.25, 0.3) is 0 Å². The molecule has 0 aliphatic carbocycles. The van der Waals surface area contributed by atoms with Gasteiger partial charge in [0.1, 0.15) is 18.0 Å². The molecule has 3 nitrogen and oxygen atoms in total. The fourth-order valence-electron chi connectivity index (χ4n) is 3.45. The number of rotatable bonds is 12. The number of hydrogen-bond acceptors (Lipinski definition) is 2. The van der Waals surface area contributed by atoms with E-state index in [-0.39, 0.29) is 6.10 Å². The summed E-state index contributed by atoms with van der Waals surface area (Å²) in [6.07, 6.45) is 3.94. The lowest BCUT2D eigenvalue weighted by atomic mass is 9.88. The minimum absolute atomic E-state index is 0.220. The van der Waals surface area contributed by atoms with Crippen molar-refractivity contribution < 1.29 is 14.8 Å². The van der Waals surface area contributed by atoms with Crippen molar-refractivity contribution in [1.29, 1.82) is 0 Å². The molecule has 0 spiro atoms. The van der Waals surface area contributed by atoms with Crippen LogP contribution >= 0.6 is 0 Å². The summed E-state index contributed by atoms with van der Waals surface area (Å²) in [5.41, 5.74) is 2.78. The van der Waals surface area contributed by atoms with E-state index in [4.69, 9.17) is 9.47 Å². The molecule has 0 aromatic heterocycles. The molecule has 0 bridgehead atoms. The van der Waals surface area contributed by atoms with Crippen LogP contribution in [0.3, 0.4) is 0 Å². The zero-order valence-electron chi connectivity index (χ0n) is 18.3. The Hall–Kier alpha value is -2.00. The molecular formula is C25H38NO2+. The normalized spacial score (nSPS) is 12.4. The molecule has 2 rings (SSSR count). The number of methoxy groups -OCH3 is 1. The quantitative estimate of drug-likeness (QED) is 0.513. The van der Waals surface area contributed by atoms with Gasteiger partial charge < -0.3 is 14.8 Å². The maximum Gasteiger partial charge on any atom is 0.119 e. The molecule has 0 saturated carbocycles. The van der Waals surface area contributed by atoms with Gasteiger partial charge in [-0.05, 0) is 74.1 Å². The highest BCUT2D eigenvalue weighted by Crippen LogP contribution is 2.27. The summed E-state index contributed by atoms with van der Waals surface area (Å²) in [6, 6.07) is 17.1. The predicted octanol–water partition coefficient (Wildman–Crippen LogP) is 5.16. The lowest BCUT2D eigenvalue weighted by Crippen LogP contribution is -2.82. The Bertz CT molecular complexity index is 662. The summed E-state index contributed by atoms with van der Waals surface area (Å²) < 4.78 is 11.0. The molecule has 0 fully saturated rings. The molecule has 0 radical (unpaired) electrons. The van der Waals surface area contributed by atoms with Crippen LogP contribution in [0, 0.1) is 5.92 Å². The third-order valence-corrected chi connectivity index (χ3v) is 5.07. The Morgan fingerprint density at radius 1 is 0.786 bits per heavy atom. The molecular weight excluding hydrogens is 346 g/mol. The van der Waals surface area contributed by atoms with Crippen LogP contribution in [0.5, 0.6) is 11.5 Å². The Kier molecular flexibility index (Phi) is 9.36. The van der Waals surface area contributed by atoms with Gasteiger partial charge in [0.05, 0.1) is 19.8 Å². The number of quaternary nitrogens is 1. The summed E-state index contributed by atoms with van der Waals surface area (Å²) in [5, 5.41) is 2.42. The van der Waals surface area contributed by atoms with E-state index in [1.807, 2.05) is 0 Å². The van der Waals surface area contributed by atoms with E-state index >= 15 is 0 Å². The Balaban J connectivity index is 1.84. The molecule has 2 aromatic rings.